The second kappa shape index (κ2) is 4.36. The molecule has 0 aliphatic carbocycles. The van der Waals surface area contributed by atoms with Gasteiger partial charge < -0.3 is 23.7 Å². The molecule has 3 fully saturated rings. The Morgan fingerprint density at radius 2 is 1.79 bits per heavy atom. The Morgan fingerprint density at radius 3 is 2.37 bits per heavy atom. The van der Waals surface area contributed by atoms with Gasteiger partial charge in [0.1, 0.15) is 24.1 Å². The van der Waals surface area contributed by atoms with E-state index in [9.17, 15) is 0 Å². The minimum Gasteiger partial charge on any atom is -0.486 e. The van der Waals surface area contributed by atoms with Crippen molar-refractivity contribution in [3.05, 3.63) is 11.2 Å². The molecule has 5 nitrogen and oxygen atoms in total. The van der Waals surface area contributed by atoms with Gasteiger partial charge in [-0.15, -0.1) is 12.6 Å². The van der Waals surface area contributed by atoms with Crippen molar-refractivity contribution in [1.29, 1.82) is 0 Å². The van der Waals surface area contributed by atoms with E-state index >= 15 is 0 Å². The van der Waals surface area contributed by atoms with Gasteiger partial charge in [-0.2, -0.15) is 0 Å². The third kappa shape index (κ3) is 2.40. The number of rotatable bonds is 1. The van der Waals surface area contributed by atoms with Crippen LogP contribution in [-0.4, -0.2) is 42.6 Å². The summed E-state index contributed by atoms with van der Waals surface area (Å²) in [6.45, 7) is 8.07. The maximum Gasteiger partial charge on any atom is 0.164 e. The van der Waals surface area contributed by atoms with E-state index in [0.717, 1.165) is 0 Å². The van der Waals surface area contributed by atoms with Gasteiger partial charge in [-0.25, -0.2) is 0 Å². The summed E-state index contributed by atoms with van der Waals surface area (Å²) in [6.07, 6.45) is -0.793. The van der Waals surface area contributed by atoms with Crippen molar-refractivity contribution in [2.75, 3.05) is 6.61 Å². The minimum atomic E-state index is -0.617. The van der Waals surface area contributed by atoms with Gasteiger partial charge in [0.05, 0.1) is 6.61 Å². The van der Waals surface area contributed by atoms with Crippen molar-refractivity contribution in [2.45, 2.75) is 63.7 Å². The van der Waals surface area contributed by atoms with Gasteiger partial charge in [-0.1, -0.05) is 0 Å². The van der Waals surface area contributed by atoms with Crippen LogP contribution in [0.4, 0.5) is 0 Å². The van der Waals surface area contributed by atoms with E-state index in [1.807, 2.05) is 27.7 Å². The monoisotopic (exact) mass is 288 g/mol. The topological polar surface area (TPSA) is 46.2 Å². The number of thiol groups is 1. The minimum absolute atomic E-state index is 0.161. The van der Waals surface area contributed by atoms with E-state index in [2.05, 4.69) is 12.6 Å². The molecule has 6 heteroatoms. The van der Waals surface area contributed by atoms with Crippen LogP contribution in [0, 0.1) is 0 Å². The highest BCUT2D eigenvalue weighted by molar-refractivity contribution is 7.83. The third-order valence-corrected chi connectivity index (χ3v) is 3.78. The third-order valence-electron chi connectivity index (χ3n) is 3.53. The molecule has 3 heterocycles. The molecular formula is C13H20O5S. The summed E-state index contributed by atoms with van der Waals surface area (Å²) < 4.78 is 29.1. The lowest BCUT2D eigenvalue weighted by molar-refractivity contribution is -0.187. The van der Waals surface area contributed by atoms with Crippen molar-refractivity contribution < 1.29 is 23.7 Å². The summed E-state index contributed by atoms with van der Waals surface area (Å²) in [5.41, 5.74) is 0. The number of fused-ring (bicyclic) bond motifs is 1. The molecule has 3 aliphatic heterocycles. The highest BCUT2D eigenvalue weighted by Crippen LogP contribution is 2.43. The first-order chi connectivity index (χ1) is 8.81. The van der Waals surface area contributed by atoms with E-state index in [4.69, 9.17) is 23.7 Å². The second-order valence-electron chi connectivity index (χ2n) is 6.00. The Morgan fingerprint density at radius 1 is 1.05 bits per heavy atom. The van der Waals surface area contributed by atoms with Gasteiger partial charge in [0.15, 0.2) is 17.7 Å². The molecule has 3 saturated heterocycles. The van der Waals surface area contributed by atoms with Crippen LogP contribution in [0.2, 0.25) is 0 Å². The Labute approximate surface area is 118 Å². The molecule has 0 unspecified atom stereocenters. The van der Waals surface area contributed by atoms with Crippen LogP contribution in [0.5, 0.6) is 0 Å². The van der Waals surface area contributed by atoms with Crippen LogP contribution in [0.25, 0.3) is 0 Å². The normalized spacial score (nSPS) is 45.4. The van der Waals surface area contributed by atoms with Crippen LogP contribution in [0.1, 0.15) is 27.7 Å². The molecule has 3 aliphatic rings. The molecule has 0 bridgehead atoms. The first-order valence-electron chi connectivity index (χ1n) is 6.50. The smallest absolute Gasteiger partial charge is 0.164 e. The zero-order valence-corrected chi connectivity index (χ0v) is 12.5. The Hall–Kier alpha value is -0.270. The first-order valence-corrected chi connectivity index (χ1v) is 7.01. The second-order valence-corrected chi connectivity index (χ2v) is 6.26. The maximum atomic E-state index is 5.94. The average molecular weight is 288 g/mol. The number of hydrogen-bond donors (Lipinski definition) is 1. The Kier molecular flexibility index (Phi) is 3.15. The molecule has 108 valence electrons. The lowest BCUT2D eigenvalue weighted by Gasteiger charge is -2.25. The molecule has 0 radical (unpaired) electrons. The largest absolute Gasteiger partial charge is 0.486 e. The summed E-state index contributed by atoms with van der Waals surface area (Å²) in [7, 11) is 0. The van der Waals surface area contributed by atoms with Crippen LogP contribution >= 0.6 is 12.6 Å². The highest BCUT2D eigenvalue weighted by Gasteiger charge is 2.57. The molecule has 4 atom stereocenters. The molecule has 0 saturated carbocycles. The average Bonchev–Trinajstić information content (AvgIpc) is 2.89. The van der Waals surface area contributed by atoms with E-state index < -0.39 is 11.6 Å². The maximum absolute atomic E-state index is 5.94. The Bertz CT molecular complexity index is 406. The molecular weight excluding hydrogens is 268 g/mol. The summed E-state index contributed by atoms with van der Waals surface area (Å²) in [6, 6.07) is 0. The molecule has 0 aromatic heterocycles. The summed E-state index contributed by atoms with van der Waals surface area (Å²) >= 11 is 4.18. The van der Waals surface area contributed by atoms with Gasteiger partial charge in [0.25, 0.3) is 0 Å². The number of ether oxygens (including phenoxy) is 5. The molecule has 0 N–H and O–H groups in total. The van der Waals surface area contributed by atoms with Gasteiger partial charge in [0, 0.05) is 5.41 Å². The predicted molar refractivity (Wildman–Crippen MR) is 70.7 cm³/mol. The van der Waals surface area contributed by atoms with Crippen molar-refractivity contribution in [3.8, 4) is 0 Å². The van der Waals surface area contributed by atoms with Gasteiger partial charge in [0.2, 0.25) is 0 Å². The van der Waals surface area contributed by atoms with Crippen LogP contribution in [0.3, 0.4) is 0 Å². The van der Waals surface area contributed by atoms with E-state index in [1.165, 1.54) is 0 Å². The highest BCUT2D eigenvalue weighted by atomic mass is 32.1. The fraction of sp³-hybridized carbons (Fsp3) is 0.846. The summed E-state index contributed by atoms with van der Waals surface area (Å²) in [4.78, 5) is 0. The number of hydrogen-bond acceptors (Lipinski definition) is 6. The molecule has 19 heavy (non-hydrogen) atoms. The fourth-order valence-electron chi connectivity index (χ4n) is 2.81. The van der Waals surface area contributed by atoms with E-state index in [0.29, 0.717) is 12.4 Å². The Balaban J connectivity index is 1.80. The van der Waals surface area contributed by atoms with Gasteiger partial charge >= 0.3 is 0 Å². The predicted octanol–water partition coefficient (Wildman–Crippen LogP) is 1.83. The summed E-state index contributed by atoms with van der Waals surface area (Å²) in [5.74, 6) is -0.502. The molecule has 0 aromatic carbocycles. The molecule has 0 amide bonds. The summed E-state index contributed by atoms with van der Waals surface area (Å²) in [5, 5.41) is 1.63. The van der Waals surface area contributed by atoms with Crippen molar-refractivity contribution in [1.82, 2.24) is 0 Å². The first kappa shape index (κ1) is 13.7. The zero-order valence-electron chi connectivity index (χ0n) is 11.6. The van der Waals surface area contributed by atoms with Crippen LogP contribution < -0.4 is 0 Å². The molecule has 0 aromatic rings. The van der Waals surface area contributed by atoms with Gasteiger partial charge in [-0.05, 0) is 27.7 Å². The van der Waals surface area contributed by atoms with Crippen LogP contribution in [0.15, 0.2) is 11.2 Å². The lowest BCUT2D eigenvalue weighted by atomic mass is 10.1. The van der Waals surface area contributed by atoms with Crippen molar-refractivity contribution >= 4 is 12.6 Å². The fourth-order valence-corrected chi connectivity index (χ4v) is 3.02. The zero-order chi connectivity index (χ0) is 13.8. The SMILES string of the molecule is CC1(C)O[C@H]2[C@@H]([C@H]3COC(C)(C)O3)O/C(=C/S)[C@H]2O1. The van der Waals surface area contributed by atoms with Crippen molar-refractivity contribution in [2.24, 2.45) is 0 Å². The van der Waals surface area contributed by atoms with Crippen molar-refractivity contribution in [3.63, 3.8) is 0 Å². The van der Waals surface area contributed by atoms with E-state index in [-0.39, 0.29) is 24.4 Å². The standard InChI is InChI=1S/C13H20O5S/c1-12(2)14-5-7(16-12)9-11-10(8(6-19)15-9)17-13(3,4)18-11/h6-7,9-11,19H,5H2,1-4H3/b8-6+/t7-,9-,10-,11+/m1/s1. The van der Waals surface area contributed by atoms with Gasteiger partial charge in [-0.3, -0.25) is 0 Å². The molecule has 3 rings (SSSR count). The van der Waals surface area contributed by atoms with E-state index in [1.54, 1.807) is 5.41 Å². The molecule has 0 spiro atoms. The quantitative estimate of drug-likeness (QED) is 0.746. The lowest BCUT2D eigenvalue weighted by Crippen LogP contribution is -2.40. The van der Waals surface area contributed by atoms with Crippen LogP contribution in [-0.2, 0) is 23.7 Å².